The third-order valence-electron chi connectivity index (χ3n) is 1.94. The van der Waals surface area contributed by atoms with Crippen molar-refractivity contribution in [3.05, 3.63) is 11.3 Å². The first kappa shape index (κ1) is 10.4. The predicted molar refractivity (Wildman–Crippen MR) is 48.8 cm³/mol. The zero-order valence-electron chi connectivity index (χ0n) is 8.30. The van der Waals surface area contributed by atoms with Crippen molar-refractivity contribution in [3.63, 3.8) is 0 Å². The molecule has 0 radical (unpaired) electrons. The molecule has 1 aliphatic rings. The van der Waals surface area contributed by atoms with Gasteiger partial charge >= 0.3 is 0 Å². The number of amides is 3. The molecule has 0 saturated carbocycles. The van der Waals surface area contributed by atoms with Crippen molar-refractivity contribution < 1.29 is 14.4 Å². The molecule has 14 heavy (non-hydrogen) atoms. The van der Waals surface area contributed by atoms with E-state index in [-0.39, 0.29) is 23.1 Å². The van der Waals surface area contributed by atoms with Crippen LogP contribution in [0.3, 0.4) is 0 Å². The van der Waals surface area contributed by atoms with Crippen LogP contribution in [0.1, 0.15) is 20.8 Å². The number of carbonyl (C=O) groups is 3. The molecule has 1 aliphatic heterocycles. The van der Waals surface area contributed by atoms with Gasteiger partial charge in [-0.3, -0.25) is 19.7 Å². The van der Waals surface area contributed by atoms with Crippen LogP contribution in [-0.4, -0.2) is 17.7 Å². The van der Waals surface area contributed by atoms with Crippen LogP contribution in [0.2, 0.25) is 0 Å². The Bertz CT molecular complexity index is 342. The van der Waals surface area contributed by atoms with Crippen LogP contribution in [0.25, 0.3) is 0 Å². The van der Waals surface area contributed by atoms with Gasteiger partial charge in [-0.25, -0.2) is 0 Å². The zero-order chi connectivity index (χ0) is 10.9. The Hall–Kier alpha value is -1.65. The lowest BCUT2D eigenvalue weighted by molar-refractivity contribution is -0.127. The maximum Gasteiger partial charge on any atom is 0.275 e. The summed E-state index contributed by atoms with van der Waals surface area (Å²) in [6.07, 6.45) is 0. The molecule has 0 aromatic carbocycles. The molecule has 0 fully saturated rings. The number of nitrogens with one attached hydrogen (secondary N) is 2. The minimum absolute atomic E-state index is 0.0636. The quantitative estimate of drug-likeness (QED) is 0.595. The predicted octanol–water partition coefficient (Wildman–Crippen LogP) is -0.311. The molecule has 5 heteroatoms. The summed E-state index contributed by atoms with van der Waals surface area (Å²) < 4.78 is 0. The largest absolute Gasteiger partial charge is 0.321 e. The van der Waals surface area contributed by atoms with Crippen molar-refractivity contribution in [3.8, 4) is 0 Å². The smallest absolute Gasteiger partial charge is 0.275 e. The minimum Gasteiger partial charge on any atom is -0.321 e. The number of rotatable bonds is 2. The Morgan fingerprint density at radius 3 is 2.21 bits per heavy atom. The minimum atomic E-state index is -0.540. The molecule has 0 bridgehead atoms. The Labute approximate surface area is 81.5 Å². The summed E-state index contributed by atoms with van der Waals surface area (Å²) in [7, 11) is 0. The molecule has 5 nitrogen and oxygen atoms in total. The maximum absolute atomic E-state index is 11.3. The van der Waals surface area contributed by atoms with Crippen LogP contribution in [-0.2, 0) is 14.4 Å². The van der Waals surface area contributed by atoms with Crippen molar-refractivity contribution in [2.24, 2.45) is 5.92 Å². The second-order valence-corrected chi connectivity index (χ2v) is 3.43. The highest BCUT2D eigenvalue weighted by molar-refractivity contribution is 6.19. The lowest BCUT2D eigenvalue weighted by atomic mass is 10.2. The summed E-state index contributed by atoms with van der Waals surface area (Å²) in [4.78, 5) is 33.4. The van der Waals surface area contributed by atoms with E-state index in [1.54, 1.807) is 13.8 Å². The van der Waals surface area contributed by atoms with Gasteiger partial charge in [0, 0.05) is 11.5 Å². The highest BCUT2D eigenvalue weighted by Gasteiger charge is 2.28. The second kappa shape index (κ2) is 3.61. The van der Waals surface area contributed by atoms with Crippen molar-refractivity contribution in [2.45, 2.75) is 20.8 Å². The van der Waals surface area contributed by atoms with E-state index in [9.17, 15) is 14.4 Å². The van der Waals surface area contributed by atoms with Gasteiger partial charge in [-0.2, -0.15) is 0 Å². The average molecular weight is 196 g/mol. The first-order valence-electron chi connectivity index (χ1n) is 4.31. The molecule has 2 N–H and O–H groups in total. The van der Waals surface area contributed by atoms with E-state index in [1.807, 2.05) is 0 Å². The van der Waals surface area contributed by atoms with E-state index < -0.39 is 11.8 Å². The van der Waals surface area contributed by atoms with Gasteiger partial charge in [0.1, 0.15) is 5.70 Å². The van der Waals surface area contributed by atoms with Gasteiger partial charge in [0.25, 0.3) is 11.8 Å². The fraction of sp³-hybridized carbons (Fsp3) is 0.444. The molecule has 1 rings (SSSR count). The molecule has 0 saturated heterocycles. The fourth-order valence-corrected chi connectivity index (χ4v) is 0.961. The zero-order valence-corrected chi connectivity index (χ0v) is 8.30. The normalized spacial score (nSPS) is 16.3. The topological polar surface area (TPSA) is 75.3 Å². The van der Waals surface area contributed by atoms with Crippen LogP contribution in [0, 0.1) is 5.92 Å². The first-order chi connectivity index (χ1) is 6.43. The van der Waals surface area contributed by atoms with E-state index in [0.29, 0.717) is 0 Å². The molecule has 1 heterocycles. The van der Waals surface area contributed by atoms with Gasteiger partial charge in [0.15, 0.2) is 0 Å². The lowest BCUT2D eigenvalue weighted by Crippen LogP contribution is -2.32. The first-order valence-corrected chi connectivity index (χ1v) is 4.31. The highest BCUT2D eigenvalue weighted by Crippen LogP contribution is 2.09. The molecule has 3 amide bonds. The average Bonchev–Trinajstić information content (AvgIpc) is 2.32. The Morgan fingerprint density at radius 2 is 1.86 bits per heavy atom. The van der Waals surface area contributed by atoms with Crippen molar-refractivity contribution in [1.82, 2.24) is 10.6 Å². The standard InChI is InChI=1S/C9H12N2O3/c1-4(2)7(12)10-6-5(3)8(13)11-9(6)14/h4H,1-3H3,(H2,10,11,12,13,14). The van der Waals surface area contributed by atoms with Crippen molar-refractivity contribution >= 4 is 17.7 Å². The van der Waals surface area contributed by atoms with Crippen LogP contribution in [0.15, 0.2) is 11.3 Å². The van der Waals surface area contributed by atoms with Gasteiger partial charge in [0.05, 0.1) is 0 Å². The molecular weight excluding hydrogens is 184 g/mol. The molecule has 0 aromatic rings. The van der Waals surface area contributed by atoms with Crippen LogP contribution < -0.4 is 10.6 Å². The number of carbonyl (C=O) groups excluding carboxylic acids is 3. The van der Waals surface area contributed by atoms with E-state index in [1.165, 1.54) is 6.92 Å². The summed E-state index contributed by atoms with van der Waals surface area (Å²) in [6.45, 7) is 4.91. The van der Waals surface area contributed by atoms with Gasteiger partial charge < -0.3 is 5.32 Å². The van der Waals surface area contributed by atoms with Crippen LogP contribution >= 0.6 is 0 Å². The molecule has 0 unspecified atom stereocenters. The summed E-state index contributed by atoms with van der Waals surface area (Å²) in [5, 5.41) is 4.51. The number of hydrogen-bond acceptors (Lipinski definition) is 3. The molecule has 0 aliphatic carbocycles. The fourth-order valence-electron chi connectivity index (χ4n) is 0.961. The van der Waals surface area contributed by atoms with E-state index >= 15 is 0 Å². The van der Waals surface area contributed by atoms with Gasteiger partial charge in [-0.15, -0.1) is 0 Å². The highest BCUT2D eigenvalue weighted by atomic mass is 16.2. The van der Waals surface area contributed by atoms with E-state index in [0.717, 1.165) is 0 Å². The van der Waals surface area contributed by atoms with Crippen molar-refractivity contribution in [1.29, 1.82) is 0 Å². The molecule has 0 atom stereocenters. The third-order valence-corrected chi connectivity index (χ3v) is 1.94. The third kappa shape index (κ3) is 1.81. The summed E-state index contributed by atoms with van der Waals surface area (Å²) in [5.41, 5.74) is 0.317. The maximum atomic E-state index is 11.3. The summed E-state index contributed by atoms with van der Waals surface area (Å²) in [5.74, 6) is -1.49. The van der Waals surface area contributed by atoms with E-state index in [4.69, 9.17) is 0 Å². The number of hydrogen-bond donors (Lipinski definition) is 2. The number of imide groups is 1. The molecule has 0 aromatic heterocycles. The Kier molecular flexibility index (Phi) is 2.69. The molecule has 76 valence electrons. The monoisotopic (exact) mass is 196 g/mol. The van der Waals surface area contributed by atoms with Gasteiger partial charge in [-0.05, 0) is 6.92 Å². The lowest BCUT2D eigenvalue weighted by Gasteiger charge is -2.06. The SMILES string of the molecule is CC1=C(NC(=O)C(C)C)C(=O)NC1=O. The molecule has 0 spiro atoms. The Morgan fingerprint density at radius 1 is 1.29 bits per heavy atom. The van der Waals surface area contributed by atoms with Crippen molar-refractivity contribution in [2.75, 3.05) is 0 Å². The Balaban J connectivity index is 2.83. The van der Waals surface area contributed by atoms with Crippen LogP contribution in [0.5, 0.6) is 0 Å². The van der Waals surface area contributed by atoms with E-state index in [2.05, 4.69) is 10.6 Å². The molecular formula is C9H12N2O3. The van der Waals surface area contributed by atoms with Crippen LogP contribution in [0.4, 0.5) is 0 Å². The van der Waals surface area contributed by atoms with Gasteiger partial charge in [-0.1, -0.05) is 13.8 Å². The summed E-state index contributed by atoms with van der Waals surface area (Å²) in [6, 6.07) is 0. The summed E-state index contributed by atoms with van der Waals surface area (Å²) >= 11 is 0. The van der Waals surface area contributed by atoms with Gasteiger partial charge in [0.2, 0.25) is 5.91 Å². The second-order valence-electron chi connectivity index (χ2n) is 3.43.